The third kappa shape index (κ3) is 4.08. The van der Waals surface area contributed by atoms with Crippen molar-refractivity contribution >= 4 is 10.0 Å². The van der Waals surface area contributed by atoms with Crippen LogP contribution in [-0.4, -0.2) is 25.5 Å². The smallest absolute Gasteiger partial charge is 0.242 e. The first-order valence-electron chi connectivity index (χ1n) is 7.96. The highest BCUT2D eigenvalue weighted by molar-refractivity contribution is 7.89. The van der Waals surface area contributed by atoms with E-state index in [9.17, 15) is 8.42 Å². The zero-order valence-electron chi connectivity index (χ0n) is 12.6. The minimum absolute atomic E-state index is 0.0918. The van der Waals surface area contributed by atoms with Gasteiger partial charge in [0.15, 0.2) is 0 Å². The van der Waals surface area contributed by atoms with Crippen molar-refractivity contribution in [1.29, 1.82) is 0 Å². The minimum atomic E-state index is -3.39. The first-order chi connectivity index (χ1) is 10.0. The maximum atomic E-state index is 12.4. The standard InChI is InChI=1S/C15H25N3O2S/c1-11-2-4-13(5-3-11)18-21(19,20)15-8-14(17-10-15)9-16-12-6-7-12/h8,10-13,16-18H,2-7,9H2,1H3. The molecule has 0 unspecified atom stereocenters. The second-order valence-electron chi connectivity index (χ2n) is 6.59. The number of hydrogen-bond donors (Lipinski definition) is 3. The van der Waals surface area contributed by atoms with Crippen LogP contribution in [0.3, 0.4) is 0 Å². The van der Waals surface area contributed by atoms with Crippen LogP contribution in [-0.2, 0) is 16.6 Å². The Morgan fingerprint density at radius 3 is 2.48 bits per heavy atom. The molecule has 2 aliphatic rings. The Labute approximate surface area is 127 Å². The number of aromatic amines is 1. The fourth-order valence-electron chi connectivity index (χ4n) is 2.88. The first-order valence-corrected chi connectivity index (χ1v) is 9.44. The van der Waals surface area contributed by atoms with E-state index in [0.717, 1.165) is 37.3 Å². The summed E-state index contributed by atoms with van der Waals surface area (Å²) in [6.45, 7) is 2.94. The van der Waals surface area contributed by atoms with Gasteiger partial charge in [0.05, 0.1) is 4.90 Å². The van der Waals surface area contributed by atoms with E-state index in [1.807, 2.05) is 0 Å². The van der Waals surface area contributed by atoms with Gasteiger partial charge in [-0.1, -0.05) is 6.92 Å². The molecule has 0 amide bonds. The third-order valence-corrected chi connectivity index (χ3v) is 6.02. The molecule has 1 aromatic heterocycles. The van der Waals surface area contributed by atoms with Gasteiger partial charge < -0.3 is 10.3 Å². The van der Waals surface area contributed by atoms with Crippen LogP contribution in [0.5, 0.6) is 0 Å². The summed E-state index contributed by atoms with van der Waals surface area (Å²) >= 11 is 0. The van der Waals surface area contributed by atoms with Gasteiger partial charge >= 0.3 is 0 Å². The van der Waals surface area contributed by atoms with E-state index in [4.69, 9.17) is 0 Å². The van der Waals surface area contributed by atoms with Gasteiger partial charge in [0.1, 0.15) is 0 Å². The highest BCUT2D eigenvalue weighted by atomic mass is 32.2. The van der Waals surface area contributed by atoms with Gasteiger partial charge in [-0.2, -0.15) is 0 Å². The molecule has 6 heteroatoms. The molecule has 0 atom stereocenters. The number of hydrogen-bond acceptors (Lipinski definition) is 3. The van der Waals surface area contributed by atoms with Crippen LogP contribution < -0.4 is 10.0 Å². The summed E-state index contributed by atoms with van der Waals surface area (Å²) in [5.41, 5.74) is 0.930. The van der Waals surface area contributed by atoms with Crippen molar-refractivity contribution in [1.82, 2.24) is 15.0 Å². The lowest BCUT2D eigenvalue weighted by Crippen LogP contribution is -2.37. The molecule has 1 heterocycles. The van der Waals surface area contributed by atoms with Gasteiger partial charge in [-0.05, 0) is 50.5 Å². The van der Waals surface area contributed by atoms with E-state index in [2.05, 4.69) is 21.9 Å². The van der Waals surface area contributed by atoms with Crippen LogP contribution in [0, 0.1) is 5.92 Å². The van der Waals surface area contributed by atoms with Gasteiger partial charge in [-0.25, -0.2) is 13.1 Å². The Kier molecular flexibility index (Phi) is 4.38. The van der Waals surface area contributed by atoms with Gasteiger partial charge in [-0.3, -0.25) is 0 Å². The summed E-state index contributed by atoms with van der Waals surface area (Å²) in [6, 6.07) is 2.45. The average molecular weight is 311 g/mol. The normalized spacial score (nSPS) is 26.9. The average Bonchev–Trinajstić information content (AvgIpc) is 3.15. The Bertz CT molecular complexity index is 569. The molecule has 0 saturated heterocycles. The van der Waals surface area contributed by atoms with E-state index in [-0.39, 0.29) is 6.04 Å². The Morgan fingerprint density at radius 2 is 1.81 bits per heavy atom. The maximum absolute atomic E-state index is 12.4. The van der Waals surface area contributed by atoms with E-state index < -0.39 is 10.0 Å². The number of H-pyrrole nitrogens is 1. The molecule has 0 aliphatic heterocycles. The van der Waals surface area contributed by atoms with E-state index in [0.29, 0.717) is 17.5 Å². The molecule has 0 radical (unpaired) electrons. The predicted octanol–water partition coefficient (Wildman–Crippen LogP) is 2.12. The van der Waals surface area contributed by atoms with Crippen LogP contribution in [0.15, 0.2) is 17.2 Å². The topological polar surface area (TPSA) is 74.0 Å². The van der Waals surface area contributed by atoms with E-state index >= 15 is 0 Å². The molecule has 1 aromatic rings. The SMILES string of the molecule is CC1CCC(NS(=O)(=O)c2c[nH]c(CNC3CC3)c2)CC1. The Hall–Kier alpha value is -0.850. The molecule has 0 spiro atoms. The fraction of sp³-hybridized carbons (Fsp3) is 0.733. The molecule has 2 fully saturated rings. The molecular formula is C15H25N3O2S. The van der Waals surface area contributed by atoms with Crippen LogP contribution in [0.2, 0.25) is 0 Å². The number of sulfonamides is 1. The molecule has 118 valence electrons. The van der Waals surface area contributed by atoms with Crippen molar-refractivity contribution in [3.8, 4) is 0 Å². The molecular weight excluding hydrogens is 286 g/mol. The van der Waals surface area contributed by atoms with Crippen molar-refractivity contribution in [2.45, 2.75) is 69.0 Å². The Balaban J connectivity index is 1.58. The summed E-state index contributed by atoms with van der Waals surface area (Å²) in [5.74, 6) is 0.720. The highest BCUT2D eigenvalue weighted by Gasteiger charge is 2.25. The van der Waals surface area contributed by atoms with Crippen molar-refractivity contribution in [2.24, 2.45) is 5.92 Å². The lowest BCUT2D eigenvalue weighted by atomic mass is 9.88. The van der Waals surface area contributed by atoms with Crippen LogP contribution in [0.4, 0.5) is 0 Å². The van der Waals surface area contributed by atoms with Crippen molar-refractivity contribution in [3.05, 3.63) is 18.0 Å². The van der Waals surface area contributed by atoms with Crippen LogP contribution in [0.25, 0.3) is 0 Å². The predicted molar refractivity (Wildman–Crippen MR) is 82.4 cm³/mol. The number of nitrogens with one attached hydrogen (secondary N) is 3. The molecule has 21 heavy (non-hydrogen) atoms. The lowest BCUT2D eigenvalue weighted by Gasteiger charge is -2.26. The van der Waals surface area contributed by atoms with Gasteiger partial charge in [0.25, 0.3) is 0 Å². The van der Waals surface area contributed by atoms with E-state index in [1.54, 1.807) is 12.3 Å². The molecule has 0 aromatic carbocycles. The zero-order valence-corrected chi connectivity index (χ0v) is 13.4. The summed E-state index contributed by atoms with van der Waals surface area (Å²) in [5, 5.41) is 3.38. The molecule has 0 bridgehead atoms. The minimum Gasteiger partial charge on any atom is -0.363 e. The third-order valence-electron chi connectivity index (χ3n) is 4.52. The van der Waals surface area contributed by atoms with Crippen molar-refractivity contribution in [3.63, 3.8) is 0 Å². The highest BCUT2D eigenvalue weighted by Crippen LogP contribution is 2.25. The molecule has 3 N–H and O–H groups in total. The fourth-order valence-corrected chi connectivity index (χ4v) is 4.21. The maximum Gasteiger partial charge on any atom is 0.242 e. The summed E-state index contributed by atoms with van der Waals surface area (Å²) in [7, 11) is -3.39. The molecule has 2 aliphatic carbocycles. The van der Waals surface area contributed by atoms with Gasteiger partial charge in [0.2, 0.25) is 10.0 Å². The summed E-state index contributed by atoms with van der Waals surface area (Å²) in [6.07, 6.45) is 8.16. The van der Waals surface area contributed by atoms with Gasteiger partial charge in [-0.15, -0.1) is 0 Å². The van der Waals surface area contributed by atoms with Crippen molar-refractivity contribution in [2.75, 3.05) is 0 Å². The van der Waals surface area contributed by atoms with Crippen LogP contribution >= 0.6 is 0 Å². The van der Waals surface area contributed by atoms with E-state index in [1.165, 1.54) is 12.8 Å². The molecule has 3 rings (SSSR count). The summed E-state index contributed by atoms with van der Waals surface area (Å²) in [4.78, 5) is 3.41. The molecule has 2 saturated carbocycles. The second kappa shape index (κ2) is 6.10. The lowest BCUT2D eigenvalue weighted by molar-refractivity contribution is 0.332. The monoisotopic (exact) mass is 311 g/mol. The Morgan fingerprint density at radius 1 is 1.14 bits per heavy atom. The quantitative estimate of drug-likeness (QED) is 0.753. The summed E-state index contributed by atoms with van der Waals surface area (Å²) < 4.78 is 27.6. The van der Waals surface area contributed by atoms with Crippen LogP contribution in [0.1, 0.15) is 51.1 Å². The van der Waals surface area contributed by atoms with Crippen molar-refractivity contribution < 1.29 is 8.42 Å². The largest absolute Gasteiger partial charge is 0.363 e. The second-order valence-corrected chi connectivity index (χ2v) is 8.31. The molecule has 5 nitrogen and oxygen atoms in total. The first kappa shape index (κ1) is 15.1. The van der Waals surface area contributed by atoms with Gasteiger partial charge in [0, 0.05) is 30.5 Å². The number of aromatic nitrogens is 1. The number of rotatable bonds is 6. The zero-order chi connectivity index (χ0) is 14.9.